The third kappa shape index (κ3) is 4.03. The average Bonchev–Trinajstić information content (AvgIpc) is 3.04. The van der Waals surface area contributed by atoms with Crippen molar-refractivity contribution in [2.45, 2.75) is 19.9 Å². The summed E-state index contributed by atoms with van der Waals surface area (Å²) in [5.41, 5.74) is 3.94. The number of nitrogens with zero attached hydrogens (tertiary/aromatic N) is 1. The Morgan fingerprint density at radius 2 is 1.80 bits per heavy atom. The second kappa shape index (κ2) is 7.30. The quantitative estimate of drug-likeness (QED) is 0.660. The van der Waals surface area contributed by atoms with Crippen molar-refractivity contribution in [2.75, 3.05) is 0 Å². The number of aromatic amines is 1. The molecular weight excluding hydrogens is 357 g/mol. The summed E-state index contributed by atoms with van der Waals surface area (Å²) in [5, 5.41) is 11.3. The maximum atomic E-state index is 12.0. The Morgan fingerprint density at radius 3 is 2.44 bits per heavy atom. The van der Waals surface area contributed by atoms with E-state index in [0.29, 0.717) is 15.6 Å². The van der Waals surface area contributed by atoms with Crippen LogP contribution in [0.5, 0.6) is 0 Å². The Balaban J connectivity index is 1.84. The highest BCUT2D eigenvalue weighted by molar-refractivity contribution is 6.36. The highest BCUT2D eigenvalue weighted by Crippen LogP contribution is 2.31. The minimum absolute atomic E-state index is 0.0859. The van der Waals surface area contributed by atoms with Gasteiger partial charge >= 0.3 is 0 Å². The van der Waals surface area contributed by atoms with Gasteiger partial charge in [-0.2, -0.15) is 5.10 Å². The topological polar surface area (TPSA) is 57.8 Å². The molecule has 0 aliphatic heterocycles. The van der Waals surface area contributed by atoms with Gasteiger partial charge < -0.3 is 5.32 Å². The van der Waals surface area contributed by atoms with Crippen LogP contribution in [0.15, 0.2) is 48.5 Å². The lowest BCUT2D eigenvalue weighted by Gasteiger charge is -2.08. The van der Waals surface area contributed by atoms with Crippen LogP contribution in [-0.2, 0) is 0 Å². The van der Waals surface area contributed by atoms with E-state index in [9.17, 15) is 4.79 Å². The normalized spacial score (nSPS) is 10.9. The molecule has 3 aromatic rings. The van der Waals surface area contributed by atoms with Gasteiger partial charge in [-0.05, 0) is 50.2 Å². The van der Waals surface area contributed by atoms with Crippen molar-refractivity contribution in [2.24, 2.45) is 0 Å². The van der Waals surface area contributed by atoms with E-state index in [-0.39, 0.29) is 11.9 Å². The number of carbonyl (C=O) groups excluding carboxylic acids is 1. The minimum atomic E-state index is -0.0859. The standard InChI is InChI=1S/C19H17Cl2N3O/c1-11(2)22-19(25)13-5-3-12(4-6-13)17-10-18(24-23-17)15-8-7-14(20)9-16(15)21/h3-11H,1-2H3,(H,22,25)(H,23,24). The summed E-state index contributed by atoms with van der Waals surface area (Å²) in [6.07, 6.45) is 0. The molecule has 0 atom stereocenters. The molecule has 0 saturated heterocycles. The molecule has 0 aliphatic carbocycles. The number of hydrogen-bond acceptors (Lipinski definition) is 2. The Kier molecular flexibility index (Phi) is 5.11. The molecule has 4 nitrogen and oxygen atoms in total. The molecule has 0 fully saturated rings. The summed E-state index contributed by atoms with van der Waals surface area (Å²) in [6.45, 7) is 3.86. The van der Waals surface area contributed by atoms with Gasteiger partial charge in [0.05, 0.1) is 16.4 Å². The number of rotatable bonds is 4. The maximum Gasteiger partial charge on any atom is 0.251 e. The number of H-pyrrole nitrogens is 1. The number of hydrogen-bond donors (Lipinski definition) is 2. The average molecular weight is 374 g/mol. The van der Waals surface area contributed by atoms with E-state index in [0.717, 1.165) is 22.5 Å². The molecule has 2 N–H and O–H groups in total. The third-order valence-corrected chi connectivity index (χ3v) is 4.21. The summed E-state index contributed by atoms with van der Waals surface area (Å²) < 4.78 is 0. The first kappa shape index (κ1) is 17.5. The van der Waals surface area contributed by atoms with Gasteiger partial charge in [-0.25, -0.2) is 0 Å². The lowest BCUT2D eigenvalue weighted by atomic mass is 10.1. The summed E-state index contributed by atoms with van der Waals surface area (Å²) in [7, 11) is 0. The van der Waals surface area contributed by atoms with Crippen LogP contribution in [0.1, 0.15) is 24.2 Å². The van der Waals surface area contributed by atoms with E-state index in [1.54, 1.807) is 24.3 Å². The Hall–Kier alpha value is -2.30. The van der Waals surface area contributed by atoms with Crippen molar-refractivity contribution in [3.8, 4) is 22.5 Å². The summed E-state index contributed by atoms with van der Waals surface area (Å²) in [4.78, 5) is 12.0. The first-order valence-corrected chi connectivity index (χ1v) is 8.62. The molecule has 1 aromatic heterocycles. The van der Waals surface area contributed by atoms with Crippen molar-refractivity contribution in [1.82, 2.24) is 15.5 Å². The maximum absolute atomic E-state index is 12.0. The van der Waals surface area contributed by atoms with Gasteiger partial charge in [0.15, 0.2) is 0 Å². The van der Waals surface area contributed by atoms with Crippen LogP contribution in [0.2, 0.25) is 10.0 Å². The van der Waals surface area contributed by atoms with Gasteiger partial charge in [0, 0.05) is 27.8 Å². The predicted molar refractivity (Wildman–Crippen MR) is 102 cm³/mol. The van der Waals surface area contributed by atoms with E-state index in [1.165, 1.54) is 0 Å². The number of amides is 1. The zero-order valence-corrected chi connectivity index (χ0v) is 15.3. The minimum Gasteiger partial charge on any atom is -0.350 e. The third-order valence-electron chi connectivity index (χ3n) is 3.66. The van der Waals surface area contributed by atoms with Crippen LogP contribution >= 0.6 is 23.2 Å². The lowest BCUT2D eigenvalue weighted by Crippen LogP contribution is -2.29. The molecule has 3 rings (SSSR count). The number of aromatic nitrogens is 2. The molecule has 1 amide bonds. The first-order chi connectivity index (χ1) is 11.9. The van der Waals surface area contributed by atoms with Crippen LogP contribution in [0.4, 0.5) is 0 Å². The molecule has 25 heavy (non-hydrogen) atoms. The van der Waals surface area contributed by atoms with Crippen molar-refractivity contribution < 1.29 is 4.79 Å². The van der Waals surface area contributed by atoms with E-state index < -0.39 is 0 Å². The van der Waals surface area contributed by atoms with Crippen molar-refractivity contribution in [1.29, 1.82) is 0 Å². The van der Waals surface area contributed by atoms with Gasteiger partial charge in [-0.3, -0.25) is 9.89 Å². The molecule has 0 radical (unpaired) electrons. The second-order valence-electron chi connectivity index (χ2n) is 6.00. The molecule has 0 saturated carbocycles. The largest absolute Gasteiger partial charge is 0.350 e. The van der Waals surface area contributed by atoms with Crippen molar-refractivity contribution >= 4 is 29.1 Å². The molecule has 2 aromatic carbocycles. The van der Waals surface area contributed by atoms with Gasteiger partial charge in [-0.1, -0.05) is 35.3 Å². The number of nitrogens with one attached hydrogen (secondary N) is 2. The summed E-state index contributed by atoms with van der Waals surface area (Å²) in [6, 6.07) is 14.7. The van der Waals surface area contributed by atoms with E-state index in [1.807, 2.05) is 38.1 Å². The second-order valence-corrected chi connectivity index (χ2v) is 6.84. The Morgan fingerprint density at radius 1 is 1.08 bits per heavy atom. The van der Waals surface area contributed by atoms with Crippen LogP contribution in [0.25, 0.3) is 22.5 Å². The van der Waals surface area contributed by atoms with Crippen molar-refractivity contribution in [3.05, 3.63) is 64.1 Å². The van der Waals surface area contributed by atoms with Crippen molar-refractivity contribution in [3.63, 3.8) is 0 Å². The highest BCUT2D eigenvalue weighted by Gasteiger charge is 2.11. The molecule has 6 heteroatoms. The van der Waals surface area contributed by atoms with E-state index >= 15 is 0 Å². The van der Waals surface area contributed by atoms with Gasteiger partial charge in [0.1, 0.15) is 0 Å². The monoisotopic (exact) mass is 373 g/mol. The fourth-order valence-electron chi connectivity index (χ4n) is 2.45. The van der Waals surface area contributed by atoms with E-state index in [4.69, 9.17) is 23.2 Å². The first-order valence-electron chi connectivity index (χ1n) is 7.86. The van der Waals surface area contributed by atoms with Crippen LogP contribution < -0.4 is 5.32 Å². The summed E-state index contributed by atoms with van der Waals surface area (Å²) >= 11 is 12.2. The molecule has 0 spiro atoms. The number of halogens is 2. The molecule has 128 valence electrons. The lowest BCUT2D eigenvalue weighted by molar-refractivity contribution is 0.0943. The smallest absolute Gasteiger partial charge is 0.251 e. The zero-order chi connectivity index (χ0) is 18.0. The predicted octanol–water partition coefficient (Wildman–Crippen LogP) is 5.19. The SMILES string of the molecule is CC(C)NC(=O)c1ccc(-c2cc(-c3ccc(Cl)cc3Cl)[nH]n2)cc1. The van der Waals surface area contributed by atoms with E-state index in [2.05, 4.69) is 15.5 Å². The zero-order valence-electron chi connectivity index (χ0n) is 13.8. The number of benzene rings is 2. The molecule has 0 aliphatic rings. The molecule has 0 unspecified atom stereocenters. The highest BCUT2D eigenvalue weighted by atomic mass is 35.5. The van der Waals surface area contributed by atoms with Gasteiger partial charge in [0.2, 0.25) is 0 Å². The fraction of sp³-hybridized carbons (Fsp3) is 0.158. The van der Waals surface area contributed by atoms with Crippen LogP contribution in [0.3, 0.4) is 0 Å². The molecule has 1 heterocycles. The summed E-state index contributed by atoms with van der Waals surface area (Å²) in [5.74, 6) is -0.0859. The van der Waals surface area contributed by atoms with Crippen LogP contribution in [-0.4, -0.2) is 22.1 Å². The van der Waals surface area contributed by atoms with Gasteiger partial charge in [0.25, 0.3) is 5.91 Å². The van der Waals surface area contributed by atoms with Gasteiger partial charge in [-0.15, -0.1) is 0 Å². The van der Waals surface area contributed by atoms with Crippen LogP contribution in [0, 0.1) is 0 Å². The Labute approximate surface area is 156 Å². The molecular formula is C19H17Cl2N3O. The fourth-order valence-corrected chi connectivity index (χ4v) is 2.96. The molecule has 0 bridgehead atoms. The Bertz CT molecular complexity index is 901. The number of carbonyl (C=O) groups is 1.